The molecular formula is C26H26N8O2. The van der Waals surface area contributed by atoms with E-state index in [2.05, 4.69) is 44.8 Å². The molecule has 3 aliphatic rings. The molecule has 0 bridgehead atoms. The van der Waals surface area contributed by atoms with Gasteiger partial charge in [-0.15, -0.1) is 0 Å². The number of amides is 1. The first-order chi connectivity index (χ1) is 17.5. The van der Waals surface area contributed by atoms with Gasteiger partial charge in [0.2, 0.25) is 17.7 Å². The molecule has 2 aliphatic heterocycles. The lowest BCUT2D eigenvalue weighted by molar-refractivity contribution is -0.130. The molecule has 1 aromatic carbocycles. The topological polar surface area (TPSA) is 110 Å². The third-order valence-electron chi connectivity index (χ3n) is 7.51. The van der Waals surface area contributed by atoms with Gasteiger partial charge in [-0.2, -0.15) is 5.10 Å². The van der Waals surface area contributed by atoms with Crippen LogP contribution in [0, 0.1) is 6.92 Å². The summed E-state index contributed by atoms with van der Waals surface area (Å²) in [4.78, 5) is 28.1. The maximum Gasteiger partial charge on any atom is 0.244 e. The molecule has 5 heterocycles. The van der Waals surface area contributed by atoms with Crippen LogP contribution >= 0.6 is 0 Å². The Morgan fingerprint density at radius 1 is 1.17 bits per heavy atom. The second-order valence-electron chi connectivity index (χ2n) is 9.95. The first kappa shape index (κ1) is 21.1. The number of nitrogens with one attached hydrogen (secondary N) is 2. The Kier molecular flexibility index (Phi) is 4.48. The van der Waals surface area contributed by atoms with Crippen molar-refractivity contribution in [2.45, 2.75) is 31.7 Å². The van der Waals surface area contributed by atoms with Crippen molar-refractivity contribution in [2.75, 3.05) is 37.4 Å². The van der Waals surface area contributed by atoms with Gasteiger partial charge in [0, 0.05) is 60.7 Å². The molecule has 10 nitrogen and oxygen atoms in total. The van der Waals surface area contributed by atoms with E-state index in [1.165, 1.54) is 0 Å². The average Bonchev–Trinajstić information content (AvgIpc) is 3.57. The summed E-state index contributed by atoms with van der Waals surface area (Å²) in [6, 6.07) is 8.18. The normalized spacial score (nSPS) is 17.7. The highest BCUT2D eigenvalue weighted by Crippen LogP contribution is 2.50. The van der Waals surface area contributed by atoms with Crippen molar-refractivity contribution in [3.05, 3.63) is 47.9 Å². The predicted molar refractivity (Wildman–Crippen MR) is 136 cm³/mol. The molecule has 3 aromatic heterocycles. The van der Waals surface area contributed by atoms with Crippen LogP contribution in [0.25, 0.3) is 22.0 Å². The molecule has 0 unspecified atom stereocenters. The highest BCUT2D eigenvalue weighted by Gasteiger charge is 2.50. The number of carbonyl (C=O) groups excluding carboxylic acids is 1. The highest BCUT2D eigenvalue weighted by atomic mass is 16.5. The smallest absolute Gasteiger partial charge is 0.244 e. The molecule has 182 valence electrons. The van der Waals surface area contributed by atoms with Gasteiger partial charge in [0.1, 0.15) is 18.8 Å². The second-order valence-corrected chi connectivity index (χ2v) is 9.95. The van der Waals surface area contributed by atoms with Gasteiger partial charge in [-0.1, -0.05) is 12.1 Å². The number of anilines is 3. The van der Waals surface area contributed by atoms with Crippen LogP contribution in [0.3, 0.4) is 0 Å². The molecule has 0 saturated heterocycles. The van der Waals surface area contributed by atoms with Crippen molar-refractivity contribution in [1.82, 2.24) is 29.6 Å². The van der Waals surface area contributed by atoms with Gasteiger partial charge in [-0.3, -0.25) is 9.48 Å². The fourth-order valence-electron chi connectivity index (χ4n) is 5.34. The SMILES string of the molecule is Cc1c(-c2ccc3cnc(Nc4cc5n(n4)CC(=O)N(C)CC54CC4)nc3c2)cnc2c1NCCO2. The standard InChI is InChI=1S/C26H26N8O2/c1-15-18(12-28-24-23(15)27-7-8-36-24)16-3-4-17-11-29-25(30-19(17)9-16)31-21-10-20-26(5-6-26)14-33(2)22(35)13-34(20)32-21/h3-4,9-12,27H,5-8,13-14H2,1-2H3,(H,29,30,31,32). The van der Waals surface area contributed by atoms with E-state index in [1.807, 2.05) is 41.2 Å². The second kappa shape index (κ2) is 7.64. The van der Waals surface area contributed by atoms with E-state index in [0.29, 0.717) is 24.3 Å². The predicted octanol–water partition coefficient (Wildman–Crippen LogP) is 3.25. The number of nitrogens with zero attached hydrogens (tertiary/aromatic N) is 6. The summed E-state index contributed by atoms with van der Waals surface area (Å²) >= 11 is 0. The third kappa shape index (κ3) is 3.35. The summed E-state index contributed by atoms with van der Waals surface area (Å²) in [7, 11) is 1.87. The number of hydrogen-bond donors (Lipinski definition) is 2. The number of benzene rings is 1. The van der Waals surface area contributed by atoms with E-state index in [0.717, 1.165) is 64.9 Å². The zero-order valence-electron chi connectivity index (χ0n) is 20.2. The summed E-state index contributed by atoms with van der Waals surface area (Å²) in [5.41, 5.74) is 6.06. The fourth-order valence-corrected chi connectivity index (χ4v) is 5.34. The van der Waals surface area contributed by atoms with Crippen molar-refractivity contribution in [2.24, 2.45) is 0 Å². The molecule has 0 atom stereocenters. The van der Waals surface area contributed by atoms with Crippen LogP contribution < -0.4 is 15.4 Å². The summed E-state index contributed by atoms with van der Waals surface area (Å²) in [5, 5.41) is 12.3. The Hall–Kier alpha value is -4.21. The number of pyridine rings is 1. The van der Waals surface area contributed by atoms with Gasteiger partial charge in [0.05, 0.1) is 5.52 Å². The minimum Gasteiger partial charge on any atom is -0.474 e. The lowest BCUT2D eigenvalue weighted by Crippen LogP contribution is -2.32. The van der Waals surface area contributed by atoms with Crippen molar-refractivity contribution in [3.63, 3.8) is 0 Å². The van der Waals surface area contributed by atoms with Gasteiger partial charge < -0.3 is 20.3 Å². The van der Waals surface area contributed by atoms with Crippen LogP contribution in [0.1, 0.15) is 24.1 Å². The zero-order chi connectivity index (χ0) is 24.4. The van der Waals surface area contributed by atoms with Gasteiger partial charge in [-0.05, 0) is 37.0 Å². The van der Waals surface area contributed by atoms with Crippen molar-refractivity contribution in [3.8, 4) is 17.0 Å². The zero-order valence-corrected chi connectivity index (χ0v) is 20.2. The first-order valence-corrected chi connectivity index (χ1v) is 12.2. The Morgan fingerprint density at radius 2 is 2.06 bits per heavy atom. The van der Waals surface area contributed by atoms with E-state index in [4.69, 9.17) is 9.72 Å². The van der Waals surface area contributed by atoms with Gasteiger partial charge in [0.15, 0.2) is 5.82 Å². The quantitative estimate of drug-likeness (QED) is 0.458. The minimum atomic E-state index is 0.0215. The number of fused-ring (bicyclic) bond motifs is 4. The number of ether oxygens (including phenoxy) is 1. The number of likely N-dealkylation sites (N-methyl/N-ethyl adjacent to an activating group) is 1. The number of carbonyl (C=O) groups is 1. The number of aromatic nitrogens is 5. The molecule has 1 fully saturated rings. The molecule has 1 spiro atoms. The molecule has 36 heavy (non-hydrogen) atoms. The lowest BCUT2D eigenvalue weighted by Gasteiger charge is -2.21. The van der Waals surface area contributed by atoms with Gasteiger partial charge in [-0.25, -0.2) is 15.0 Å². The van der Waals surface area contributed by atoms with Crippen LogP contribution in [-0.4, -0.2) is 62.3 Å². The largest absolute Gasteiger partial charge is 0.474 e. The molecule has 10 heteroatoms. The van der Waals surface area contributed by atoms with Crippen LogP contribution in [0.5, 0.6) is 5.88 Å². The summed E-state index contributed by atoms with van der Waals surface area (Å²) in [6.07, 6.45) is 5.81. The van der Waals surface area contributed by atoms with E-state index < -0.39 is 0 Å². The molecule has 2 N–H and O–H groups in total. The Morgan fingerprint density at radius 3 is 2.92 bits per heavy atom. The monoisotopic (exact) mass is 482 g/mol. The van der Waals surface area contributed by atoms with E-state index in [1.54, 1.807) is 0 Å². The first-order valence-electron chi connectivity index (χ1n) is 12.2. The number of hydrogen-bond acceptors (Lipinski definition) is 8. The van der Waals surface area contributed by atoms with Crippen molar-refractivity contribution >= 4 is 34.3 Å². The molecule has 7 rings (SSSR count). The van der Waals surface area contributed by atoms with Crippen LogP contribution in [-0.2, 0) is 16.8 Å². The molecule has 1 saturated carbocycles. The lowest BCUT2D eigenvalue weighted by atomic mass is 10.00. The molecule has 0 radical (unpaired) electrons. The average molecular weight is 483 g/mol. The summed E-state index contributed by atoms with van der Waals surface area (Å²) < 4.78 is 7.51. The van der Waals surface area contributed by atoms with Crippen LogP contribution in [0.2, 0.25) is 0 Å². The van der Waals surface area contributed by atoms with Crippen molar-refractivity contribution in [1.29, 1.82) is 0 Å². The molecular weight excluding hydrogens is 456 g/mol. The van der Waals surface area contributed by atoms with Crippen LogP contribution in [0.15, 0.2) is 36.7 Å². The summed E-state index contributed by atoms with van der Waals surface area (Å²) in [6.45, 7) is 4.46. The Balaban J connectivity index is 1.21. The summed E-state index contributed by atoms with van der Waals surface area (Å²) in [5.74, 6) is 1.86. The third-order valence-corrected chi connectivity index (χ3v) is 7.51. The Bertz CT molecular complexity index is 1540. The number of rotatable bonds is 3. The minimum absolute atomic E-state index is 0.0215. The Labute approximate surface area is 207 Å². The molecule has 1 amide bonds. The highest BCUT2D eigenvalue weighted by molar-refractivity contribution is 5.86. The van der Waals surface area contributed by atoms with Crippen molar-refractivity contribution < 1.29 is 9.53 Å². The molecule has 4 aromatic rings. The van der Waals surface area contributed by atoms with Gasteiger partial charge in [0.25, 0.3) is 0 Å². The van der Waals surface area contributed by atoms with E-state index in [-0.39, 0.29) is 17.9 Å². The van der Waals surface area contributed by atoms with Crippen LogP contribution in [0.4, 0.5) is 17.5 Å². The van der Waals surface area contributed by atoms with Gasteiger partial charge >= 0.3 is 0 Å². The molecule has 1 aliphatic carbocycles. The maximum absolute atomic E-state index is 12.5. The van der Waals surface area contributed by atoms with E-state index in [9.17, 15) is 4.79 Å². The van der Waals surface area contributed by atoms with E-state index >= 15 is 0 Å². The fraction of sp³-hybridized carbons (Fsp3) is 0.346. The maximum atomic E-state index is 12.5.